The van der Waals surface area contributed by atoms with E-state index in [-0.39, 0.29) is 30.3 Å². The average molecular weight is 307 g/mol. The zero-order chi connectivity index (χ0) is 16.6. The van der Waals surface area contributed by atoms with E-state index < -0.39 is 0 Å². The van der Waals surface area contributed by atoms with Crippen molar-refractivity contribution in [3.8, 4) is 5.75 Å². The first-order valence-corrected chi connectivity index (χ1v) is 7.29. The number of carbonyl (C=O) groups excluding carboxylic acids is 2. The molecule has 6 heteroatoms. The number of ether oxygens (including phenoxy) is 1. The lowest BCUT2D eigenvalue weighted by Gasteiger charge is -2.19. The Bertz CT molecular complexity index is 510. The van der Waals surface area contributed by atoms with Gasteiger partial charge in [0.05, 0.1) is 19.6 Å². The van der Waals surface area contributed by atoms with Gasteiger partial charge in [-0.2, -0.15) is 0 Å². The van der Waals surface area contributed by atoms with Gasteiger partial charge in [-0.15, -0.1) is 0 Å². The van der Waals surface area contributed by atoms with Crippen LogP contribution in [-0.2, 0) is 15.0 Å². The molecule has 0 heterocycles. The minimum absolute atomic E-state index is 0.0643. The molecule has 0 radical (unpaired) electrons. The summed E-state index contributed by atoms with van der Waals surface area (Å²) in [5.41, 5.74) is 6.38. The summed E-state index contributed by atoms with van der Waals surface area (Å²) in [5, 5.41) is 5.06. The average Bonchev–Trinajstić information content (AvgIpc) is 2.48. The van der Waals surface area contributed by atoms with Crippen molar-refractivity contribution in [3.63, 3.8) is 0 Å². The molecule has 0 aliphatic heterocycles. The Hall–Kier alpha value is -2.08. The van der Waals surface area contributed by atoms with Gasteiger partial charge in [0.1, 0.15) is 12.4 Å². The Labute approximate surface area is 131 Å². The first-order valence-electron chi connectivity index (χ1n) is 7.29. The van der Waals surface area contributed by atoms with Crippen molar-refractivity contribution in [3.05, 3.63) is 29.8 Å². The number of nitrogens with one attached hydrogen (secondary N) is 2. The molecule has 0 aromatic heterocycles. The van der Waals surface area contributed by atoms with Crippen molar-refractivity contribution in [1.82, 2.24) is 10.6 Å². The molecular weight excluding hydrogens is 282 g/mol. The van der Waals surface area contributed by atoms with Crippen LogP contribution in [0.3, 0.4) is 0 Å². The highest BCUT2D eigenvalue weighted by Gasteiger charge is 2.13. The maximum atomic E-state index is 11.4. The lowest BCUT2D eigenvalue weighted by molar-refractivity contribution is -0.125. The Morgan fingerprint density at radius 1 is 1.18 bits per heavy atom. The minimum Gasteiger partial charge on any atom is -0.492 e. The topological polar surface area (TPSA) is 93.5 Å². The monoisotopic (exact) mass is 307 g/mol. The molecule has 2 amide bonds. The van der Waals surface area contributed by atoms with Gasteiger partial charge < -0.3 is 21.1 Å². The Morgan fingerprint density at radius 3 is 2.55 bits per heavy atom. The number of hydrogen-bond acceptors (Lipinski definition) is 4. The van der Waals surface area contributed by atoms with Gasteiger partial charge in [0.2, 0.25) is 11.8 Å². The predicted molar refractivity (Wildman–Crippen MR) is 85.7 cm³/mol. The number of nitrogens with two attached hydrogens (primary N) is 1. The van der Waals surface area contributed by atoms with Crippen LogP contribution in [0.2, 0.25) is 0 Å². The molecular formula is C16H25N3O3. The maximum absolute atomic E-state index is 11.4. The Morgan fingerprint density at radius 2 is 1.91 bits per heavy atom. The molecule has 0 aliphatic carbocycles. The standard InChI is InChI=1S/C16H25N3O3/c1-16(2,3)12-5-4-6-13(9-12)22-8-7-18-15(21)11-19-14(20)10-17/h4-6,9H,7-8,10-11,17H2,1-3H3,(H,18,21)(H,19,20). The van der Waals surface area contributed by atoms with Crippen LogP contribution >= 0.6 is 0 Å². The first kappa shape index (κ1) is 18.0. The van der Waals surface area contributed by atoms with Gasteiger partial charge in [0.15, 0.2) is 0 Å². The highest BCUT2D eigenvalue weighted by atomic mass is 16.5. The SMILES string of the molecule is CC(C)(C)c1cccc(OCCNC(=O)CNC(=O)CN)c1. The van der Waals surface area contributed by atoms with Gasteiger partial charge in [-0.3, -0.25) is 9.59 Å². The molecule has 0 unspecified atom stereocenters. The molecule has 0 saturated carbocycles. The number of carbonyl (C=O) groups is 2. The van der Waals surface area contributed by atoms with Gasteiger partial charge >= 0.3 is 0 Å². The smallest absolute Gasteiger partial charge is 0.239 e. The highest BCUT2D eigenvalue weighted by molar-refractivity contribution is 5.85. The van der Waals surface area contributed by atoms with E-state index in [0.717, 1.165) is 5.75 Å². The van der Waals surface area contributed by atoms with E-state index >= 15 is 0 Å². The van der Waals surface area contributed by atoms with Gasteiger partial charge in [-0.25, -0.2) is 0 Å². The second-order valence-corrected chi connectivity index (χ2v) is 5.96. The zero-order valence-corrected chi connectivity index (χ0v) is 13.4. The largest absolute Gasteiger partial charge is 0.492 e. The second-order valence-electron chi connectivity index (χ2n) is 5.96. The molecule has 0 spiro atoms. The summed E-state index contributed by atoms with van der Waals surface area (Å²) in [6.45, 7) is 6.96. The molecule has 0 fully saturated rings. The van der Waals surface area contributed by atoms with E-state index in [1.807, 2.05) is 18.2 Å². The van der Waals surface area contributed by atoms with E-state index in [1.165, 1.54) is 5.56 Å². The summed E-state index contributed by atoms with van der Waals surface area (Å²) in [5.74, 6) is 0.150. The Kier molecular flexibility index (Phi) is 6.85. The highest BCUT2D eigenvalue weighted by Crippen LogP contribution is 2.25. The van der Waals surface area contributed by atoms with Crippen molar-refractivity contribution in [2.75, 3.05) is 26.2 Å². The number of hydrogen-bond donors (Lipinski definition) is 3. The molecule has 0 aliphatic rings. The second kappa shape index (κ2) is 8.38. The summed E-state index contributed by atoms with van der Waals surface area (Å²) in [4.78, 5) is 22.3. The molecule has 6 nitrogen and oxygen atoms in total. The van der Waals surface area contributed by atoms with Crippen molar-refractivity contribution in [2.45, 2.75) is 26.2 Å². The molecule has 1 aromatic carbocycles. The van der Waals surface area contributed by atoms with E-state index in [2.05, 4.69) is 37.5 Å². The van der Waals surface area contributed by atoms with Crippen LogP contribution in [0.15, 0.2) is 24.3 Å². The van der Waals surface area contributed by atoms with Crippen molar-refractivity contribution < 1.29 is 14.3 Å². The summed E-state index contributed by atoms with van der Waals surface area (Å²) in [7, 11) is 0. The van der Waals surface area contributed by atoms with Crippen LogP contribution in [0.25, 0.3) is 0 Å². The fourth-order valence-corrected chi connectivity index (χ4v) is 1.73. The maximum Gasteiger partial charge on any atom is 0.239 e. The van der Waals surface area contributed by atoms with Crippen molar-refractivity contribution >= 4 is 11.8 Å². The predicted octanol–water partition coefficient (Wildman–Crippen LogP) is 0.554. The van der Waals surface area contributed by atoms with E-state index in [0.29, 0.717) is 13.2 Å². The summed E-state index contributed by atoms with van der Waals surface area (Å²) in [6, 6.07) is 7.91. The van der Waals surface area contributed by atoms with E-state index in [4.69, 9.17) is 10.5 Å². The van der Waals surface area contributed by atoms with E-state index in [9.17, 15) is 9.59 Å². The summed E-state index contributed by atoms with van der Waals surface area (Å²) < 4.78 is 5.62. The van der Waals surface area contributed by atoms with Crippen LogP contribution in [0.1, 0.15) is 26.3 Å². The third-order valence-electron chi connectivity index (χ3n) is 3.02. The zero-order valence-electron chi connectivity index (χ0n) is 13.4. The molecule has 0 saturated heterocycles. The molecule has 122 valence electrons. The quantitative estimate of drug-likeness (QED) is 0.641. The molecule has 1 aromatic rings. The normalized spacial score (nSPS) is 10.9. The van der Waals surface area contributed by atoms with Crippen LogP contribution in [-0.4, -0.2) is 38.1 Å². The first-order chi connectivity index (χ1) is 10.3. The number of amides is 2. The fourth-order valence-electron chi connectivity index (χ4n) is 1.73. The molecule has 0 bridgehead atoms. The van der Waals surface area contributed by atoms with Gasteiger partial charge in [-0.1, -0.05) is 32.9 Å². The number of rotatable bonds is 7. The van der Waals surface area contributed by atoms with Crippen LogP contribution in [0.4, 0.5) is 0 Å². The lowest BCUT2D eigenvalue weighted by Crippen LogP contribution is -2.40. The molecule has 0 atom stereocenters. The van der Waals surface area contributed by atoms with E-state index in [1.54, 1.807) is 0 Å². The summed E-state index contributed by atoms with van der Waals surface area (Å²) in [6.07, 6.45) is 0. The van der Waals surface area contributed by atoms with Gasteiger partial charge in [-0.05, 0) is 23.1 Å². The molecule has 22 heavy (non-hydrogen) atoms. The minimum atomic E-state index is -0.356. The summed E-state index contributed by atoms with van der Waals surface area (Å²) >= 11 is 0. The third-order valence-corrected chi connectivity index (χ3v) is 3.02. The number of benzene rings is 1. The van der Waals surface area contributed by atoms with Crippen LogP contribution < -0.4 is 21.1 Å². The van der Waals surface area contributed by atoms with Crippen LogP contribution in [0.5, 0.6) is 5.75 Å². The third kappa shape index (κ3) is 6.58. The van der Waals surface area contributed by atoms with Crippen LogP contribution in [0, 0.1) is 0 Å². The van der Waals surface area contributed by atoms with Crippen molar-refractivity contribution in [2.24, 2.45) is 5.73 Å². The van der Waals surface area contributed by atoms with Gasteiger partial charge in [0, 0.05) is 0 Å². The lowest BCUT2D eigenvalue weighted by atomic mass is 9.87. The fraction of sp³-hybridized carbons (Fsp3) is 0.500. The van der Waals surface area contributed by atoms with Crippen molar-refractivity contribution in [1.29, 1.82) is 0 Å². The van der Waals surface area contributed by atoms with Gasteiger partial charge in [0.25, 0.3) is 0 Å². The molecule has 4 N–H and O–H groups in total. The molecule has 1 rings (SSSR count). The Balaban J connectivity index is 2.30.